The molecule has 0 atom stereocenters. The fraction of sp³-hybridized carbons (Fsp3) is 0.143. The number of hydrogen-bond donors (Lipinski definition) is 2. The monoisotopic (exact) mass is 482 g/mol. The van der Waals surface area contributed by atoms with Crippen molar-refractivity contribution in [2.75, 3.05) is 11.9 Å². The Labute approximate surface area is 183 Å². The first-order valence-corrected chi connectivity index (χ1v) is 14.2. The molecular formula is C21H23O7PS2. The molecule has 166 valence electrons. The van der Waals surface area contributed by atoms with Gasteiger partial charge in [-0.3, -0.25) is 9.11 Å². The highest BCUT2D eigenvalue weighted by atomic mass is 32.3. The molecule has 0 aliphatic rings. The van der Waals surface area contributed by atoms with Crippen LogP contribution >= 0.6 is 7.26 Å². The lowest BCUT2D eigenvalue weighted by Gasteiger charge is -2.27. The van der Waals surface area contributed by atoms with Crippen LogP contribution in [0.1, 0.15) is 6.42 Å². The zero-order valence-corrected chi connectivity index (χ0v) is 19.0. The fourth-order valence-electron chi connectivity index (χ4n) is 3.37. The van der Waals surface area contributed by atoms with Crippen LogP contribution < -0.4 is 15.9 Å². The third-order valence-electron chi connectivity index (χ3n) is 4.49. The summed E-state index contributed by atoms with van der Waals surface area (Å²) in [6.45, 7) is 0. The minimum absolute atomic E-state index is 0.221. The standard InChI is InChI=1S/C21H21O3PS.H2O4S/c22-26(23,24)18-10-17-25(19-11-4-1-5-12-19,20-13-6-2-7-14-20)21-15-8-3-9-16-21;1-5(2,3)4/h1-9,11-16H,10,17-18H2;(H2,1,2,3,4). The molecule has 0 spiro atoms. The molecule has 3 rings (SSSR count). The first-order chi connectivity index (χ1) is 14.5. The highest BCUT2D eigenvalue weighted by Gasteiger charge is 2.44. The summed E-state index contributed by atoms with van der Waals surface area (Å²) in [4.78, 5) is 0. The van der Waals surface area contributed by atoms with Gasteiger partial charge in [0, 0.05) is 0 Å². The quantitative estimate of drug-likeness (QED) is 0.300. The van der Waals surface area contributed by atoms with E-state index in [2.05, 4.69) is 36.4 Å². The molecule has 0 heterocycles. The van der Waals surface area contributed by atoms with E-state index < -0.39 is 27.8 Å². The van der Waals surface area contributed by atoms with Crippen LogP contribution in [0.2, 0.25) is 0 Å². The van der Waals surface area contributed by atoms with Crippen LogP contribution in [0.15, 0.2) is 91.0 Å². The number of benzene rings is 3. The summed E-state index contributed by atoms with van der Waals surface area (Å²) in [7, 11) is -10.9. The maximum atomic E-state index is 11.3. The Hall–Kier alpha value is -2.13. The van der Waals surface area contributed by atoms with E-state index in [1.807, 2.05) is 54.6 Å². The van der Waals surface area contributed by atoms with E-state index in [1.165, 1.54) is 15.9 Å². The zero-order valence-electron chi connectivity index (χ0n) is 16.5. The van der Waals surface area contributed by atoms with Crippen LogP contribution in [0.5, 0.6) is 0 Å². The summed E-state index contributed by atoms with van der Waals surface area (Å²) in [5.41, 5.74) is 0. The van der Waals surface area contributed by atoms with E-state index in [9.17, 15) is 13.0 Å². The molecule has 0 saturated heterocycles. The molecule has 0 radical (unpaired) electrons. The van der Waals surface area contributed by atoms with Gasteiger partial charge in [0.2, 0.25) is 10.4 Å². The Morgan fingerprint density at radius 3 is 1.19 bits per heavy atom. The van der Waals surface area contributed by atoms with Crippen molar-refractivity contribution in [2.45, 2.75) is 6.42 Å². The molecule has 0 aliphatic heterocycles. The average Bonchev–Trinajstić information content (AvgIpc) is 2.71. The Morgan fingerprint density at radius 1 is 0.645 bits per heavy atom. The van der Waals surface area contributed by atoms with Crippen LogP contribution in [0, 0.1) is 0 Å². The van der Waals surface area contributed by atoms with Gasteiger partial charge in [-0.05, 0) is 42.8 Å². The van der Waals surface area contributed by atoms with E-state index in [4.69, 9.17) is 17.5 Å². The van der Waals surface area contributed by atoms with Gasteiger partial charge < -0.3 is 4.55 Å². The van der Waals surface area contributed by atoms with Gasteiger partial charge in [-0.2, -0.15) is 8.42 Å². The van der Waals surface area contributed by atoms with Crippen molar-refractivity contribution in [3.63, 3.8) is 0 Å². The highest BCUT2D eigenvalue weighted by Crippen LogP contribution is 2.55. The van der Waals surface area contributed by atoms with E-state index in [1.54, 1.807) is 0 Å². The predicted octanol–water partition coefficient (Wildman–Crippen LogP) is 2.26. The second-order valence-electron chi connectivity index (χ2n) is 6.61. The summed E-state index contributed by atoms with van der Waals surface area (Å²) in [6.07, 6.45) is 1.09. The smallest absolute Gasteiger partial charge is 0.264 e. The molecule has 0 bridgehead atoms. The van der Waals surface area contributed by atoms with Crippen LogP contribution in [0.3, 0.4) is 0 Å². The Kier molecular flexibility index (Phi) is 8.88. The van der Waals surface area contributed by atoms with Gasteiger partial charge in [0.15, 0.2) is 0 Å². The fourth-order valence-corrected chi connectivity index (χ4v) is 8.43. The number of hydrogen-bond acceptors (Lipinski definition) is 5. The van der Waals surface area contributed by atoms with Gasteiger partial charge >= 0.3 is 0 Å². The minimum atomic E-state index is -4.92. The molecule has 2 N–H and O–H groups in total. The molecule has 31 heavy (non-hydrogen) atoms. The van der Waals surface area contributed by atoms with Crippen molar-refractivity contribution in [3.8, 4) is 0 Å². The van der Waals surface area contributed by atoms with E-state index in [0.717, 1.165) is 0 Å². The van der Waals surface area contributed by atoms with Crippen LogP contribution in [0.4, 0.5) is 0 Å². The minimum Gasteiger partial charge on any atom is -0.726 e. The summed E-state index contributed by atoms with van der Waals surface area (Å²) < 4.78 is 64.6. The maximum absolute atomic E-state index is 11.3. The van der Waals surface area contributed by atoms with Gasteiger partial charge in [-0.25, -0.2) is 8.42 Å². The summed E-state index contributed by atoms with van der Waals surface area (Å²) >= 11 is 0. The molecule has 0 fully saturated rings. The second kappa shape index (κ2) is 10.9. The van der Waals surface area contributed by atoms with Crippen LogP contribution in [0.25, 0.3) is 0 Å². The lowest BCUT2D eigenvalue weighted by atomic mass is 10.4. The molecule has 0 unspecified atom stereocenters. The van der Waals surface area contributed by atoms with Crippen molar-refractivity contribution >= 4 is 43.7 Å². The number of rotatable bonds is 7. The van der Waals surface area contributed by atoms with Crippen molar-refractivity contribution in [2.24, 2.45) is 0 Å². The van der Waals surface area contributed by atoms with Gasteiger partial charge in [0.05, 0.1) is 11.9 Å². The van der Waals surface area contributed by atoms with Crippen molar-refractivity contribution in [1.29, 1.82) is 0 Å². The van der Waals surface area contributed by atoms with E-state index in [-0.39, 0.29) is 5.75 Å². The normalized spacial score (nSPS) is 12.0. The van der Waals surface area contributed by atoms with Crippen LogP contribution in [-0.4, -0.2) is 42.4 Å². The molecule has 3 aromatic carbocycles. The molecular weight excluding hydrogens is 459 g/mol. The Balaban J connectivity index is 0.000000614. The molecule has 0 aromatic heterocycles. The Bertz CT molecular complexity index is 1050. The van der Waals surface area contributed by atoms with Crippen molar-refractivity contribution in [3.05, 3.63) is 91.0 Å². The van der Waals surface area contributed by atoms with Crippen molar-refractivity contribution < 1.29 is 30.5 Å². The maximum Gasteiger partial charge on any atom is 0.264 e. The first-order valence-electron chi connectivity index (χ1n) is 9.21. The molecule has 7 nitrogen and oxygen atoms in total. The van der Waals surface area contributed by atoms with Crippen LogP contribution in [-0.2, 0) is 20.5 Å². The third kappa shape index (κ3) is 8.14. The summed E-state index contributed by atoms with van der Waals surface area (Å²) in [6, 6.07) is 30.9. The van der Waals surface area contributed by atoms with E-state index in [0.29, 0.717) is 12.6 Å². The molecule has 0 aliphatic carbocycles. The lowest BCUT2D eigenvalue weighted by molar-refractivity contribution is 0.366. The average molecular weight is 483 g/mol. The second-order valence-corrected chi connectivity index (χ2v) is 12.7. The van der Waals surface area contributed by atoms with E-state index >= 15 is 0 Å². The predicted molar refractivity (Wildman–Crippen MR) is 123 cm³/mol. The van der Waals surface area contributed by atoms with Gasteiger partial charge in [0.1, 0.15) is 23.2 Å². The molecule has 10 heteroatoms. The molecule has 0 amide bonds. The van der Waals surface area contributed by atoms with Crippen molar-refractivity contribution in [1.82, 2.24) is 0 Å². The highest BCUT2D eigenvalue weighted by molar-refractivity contribution is 7.95. The lowest BCUT2D eigenvalue weighted by Crippen LogP contribution is -2.33. The molecule has 3 aromatic rings. The third-order valence-corrected chi connectivity index (χ3v) is 9.82. The SMILES string of the molecule is O=S(=O)(O)CCC[P+](c1ccccc1)(c1ccccc1)c1ccccc1.O=S(=O)([O-])O. The topological polar surface area (TPSA) is 132 Å². The molecule has 0 saturated carbocycles. The zero-order chi connectivity index (χ0) is 23.0. The summed E-state index contributed by atoms with van der Waals surface area (Å²) in [5, 5.41) is 3.65. The largest absolute Gasteiger partial charge is 0.726 e. The van der Waals surface area contributed by atoms with Gasteiger partial charge in [-0.15, -0.1) is 0 Å². The Morgan fingerprint density at radius 2 is 0.935 bits per heavy atom. The first kappa shape index (κ1) is 25.1. The van der Waals surface area contributed by atoms with Gasteiger partial charge in [0.25, 0.3) is 10.1 Å². The summed E-state index contributed by atoms with van der Waals surface area (Å²) in [5.74, 6) is -0.221. The van der Waals surface area contributed by atoms with Gasteiger partial charge in [-0.1, -0.05) is 54.6 Å².